The summed E-state index contributed by atoms with van der Waals surface area (Å²) in [5, 5.41) is 0. The van der Waals surface area contributed by atoms with Gasteiger partial charge in [-0.25, -0.2) is 0 Å². The molecular weight excluding hydrogens is 416 g/mol. The van der Waals surface area contributed by atoms with Gasteiger partial charge in [0.25, 0.3) is 0 Å². The average Bonchev–Trinajstić information content (AvgIpc) is 2.76. The van der Waals surface area contributed by atoms with E-state index in [1.165, 1.54) is 47.3 Å². The lowest BCUT2D eigenvalue weighted by molar-refractivity contribution is -0.155. The summed E-state index contributed by atoms with van der Waals surface area (Å²) < 4.78 is 18.6. The van der Waals surface area contributed by atoms with Crippen molar-refractivity contribution in [2.24, 2.45) is 11.3 Å². The fourth-order valence-corrected chi connectivity index (χ4v) is 1.96. The lowest BCUT2D eigenvalue weighted by Gasteiger charge is -2.20. The fourth-order valence-electron chi connectivity index (χ4n) is 1.96. The molecule has 0 saturated heterocycles. The standard InChI is InChI=1S/C11H20O4.C10H20O2.C3H6O2/c1-5-11(2,3)10(13)15-8-6-7-9(12)14-4;1-4-6-7-10(5-2)8-12-9(3)11;1-3(4)5-2/h5-8H2,1-4H3;10H,4-8H2,1-3H3;1-2H3. The smallest absolute Gasteiger partial charge is 0.311 e. The molecule has 0 rings (SSSR count). The number of esters is 4. The predicted octanol–water partition coefficient (Wildman–Crippen LogP) is 4.86. The molecule has 190 valence electrons. The summed E-state index contributed by atoms with van der Waals surface area (Å²) in [6.07, 6.45) is 6.28. The van der Waals surface area contributed by atoms with Gasteiger partial charge in [0, 0.05) is 20.3 Å². The Kier molecular flexibility index (Phi) is 23.8. The SMILES string of the molecule is CCC(C)(C)C(=O)OCCCC(=O)OC.CCCCC(CC)COC(C)=O.COC(C)=O. The van der Waals surface area contributed by atoms with Gasteiger partial charge in [0.05, 0.1) is 32.8 Å². The molecule has 0 aromatic rings. The third-order valence-electron chi connectivity index (χ3n) is 4.78. The highest BCUT2D eigenvalue weighted by Crippen LogP contribution is 2.21. The van der Waals surface area contributed by atoms with Crippen molar-refractivity contribution in [2.45, 2.75) is 93.4 Å². The molecule has 0 aliphatic heterocycles. The van der Waals surface area contributed by atoms with Gasteiger partial charge >= 0.3 is 23.9 Å². The molecule has 0 heterocycles. The van der Waals surface area contributed by atoms with Crippen LogP contribution in [0.4, 0.5) is 0 Å². The highest BCUT2D eigenvalue weighted by atomic mass is 16.5. The maximum absolute atomic E-state index is 11.5. The summed E-state index contributed by atoms with van der Waals surface area (Å²) in [7, 11) is 2.69. The molecule has 8 heteroatoms. The minimum atomic E-state index is -0.439. The van der Waals surface area contributed by atoms with Gasteiger partial charge in [0.2, 0.25) is 0 Å². The van der Waals surface area contributed by atoms with E-state index in [4.69, 9.17) is 9.47 Å². The summed E-state index contributed by atoms with van der Waals surface area (Å²) >= 11 is 0. The van der Waals surface area contributed by atoms with Gasteiger partial charge < -0.3 is 18.9 Å². The maximum Gasteiger partial charge on any atom is 0.311 e. The van der Waals surface area contributed by atoms with Gasteiger partial charge in [0.15, 0.2) is 0 Å². The van der Waals surface area contributed by atoms with Crippen LogP contribution >= 0.6 is 0 Å². The number of unbranched alkanes of at least 4 members (excludes halogenated alkanes) is 1. The zero-order chi connectivity index (χ0) is 25.6. The molecule has 0 fully saturated rings. The summed E-state index contributed by atoms with van der Waals surface area (Å²) in [4.78, 5) is 42.3. The van der Waals surface area contributed by atoms with E-state index in [9.17, 15) is 19.2 Å². The first kappa shape index (κ1) is 34.5. The van der Waals surface area contributed by atoms with Crippen molar-refractivity contribution >= 4 is 23.9 Å². The zero-order valence-electron chi connectivity index (χ0n) is 21.7. The number of hydrogen-bond donors (Lipinski definition) is 0. The first-order chi connectivity index (χ1) is 14.9. The van der Waals surface area contributed by atoms with Crippen LogP contribution in [0.5, 0.6) is 0 Å². The molecule has 1 unspecified atom stereocenters. The van der Waals surface area contributed by atoms with Crippen molar-refractivity contribution in [3.8, 4) is 0 Å². The van der Waals surface area contributed by atoms with Gasteiger partial charge in [-0.15, -0.1) is 0 Å². The van der Waals surface area contributed by atoms with Crippen LogP contribution in [0.1, 0.15) is 93.4 Å². The summed E-state index contributed by atoms with van der Waals surface area (Å²) in [5.74, 6) is -0.334. The van der Waals surface area contributed by atoms with Gasteiger partial charge in [-0.1, -0.05) is 40.0 Å². The first-order valence-corrected chi connectivity index (χ1v) is 11.3. The van der Waals surface area contributed by atoms with E-state index in [1.54, 1.807) is 0 Å². The van der Waals surface area contributed by atoms with Gasteiger partial charge in [-0.2, -0.15) is 0 Å². The van der Waals surface area contributed by atoms with Crippen LogP contribution in [0.2, 0.25) is 0 Å². The van der Waals surface area contributed by atoms with Crippen LogP contribution in [0.15, 0.2) is 0 Å². The first-order valence-electron chi connectivity index (χ1n) is 11.3. The molecule has 0 aromatic carbocycles. The molecule has 1 atom stereocenters. The van der Waals surface area contributed by atoms with Gasteiger partial charge in [0.1, 0.15) is 0 Å². The van der Waals surface area contributed by atoms with E-state index in [2.05, 4.69) is 23.3 Å². The average molecular weight is 463 g/mol. The second-order valence-electron chi connectivity index (χ2n) is 7.97. The molecular formula is C24H46O8. The minimum Gasteiger partial charge on any atom is -0.469 e. The van der Waals surface area contributed by atoms with Crippen molar-refractivity contribution in [3.05, 3.63) is 0 Å². The third kappa shape index (κ3) is 24.2. The Labute approximate surface area is 194 Å². The van der Waals surface area contributed by atoms with Crippen molar-refractivity contribution in [1.29, 1.82) is 0 Å². The molecule has 0 radical (unpaired) electrons. The van der Waals surface area contributed by atoms with Crippen molar-refractivity contribution in [1.82, 2.24) is 0 Å². The Bertz CT molecular complexity index is 514. The van der Waals surface area contributed by atoms with E-state index in [0.717, 1.165) is 12.8 Å². The highest BCUT2D eigenvalue weighted by molar-refractivity contribution is 5.75. The van der Waals surface area contributed by atoms with E-state index >= 15 is 0 Å². The van der Waals surface area contributed by atoms with E-state index < -0.39 is 5.41 Å². The molecule has 0 saturated carbocycles. The molecule has 0 aliphatic carbocycles. The Hall–Kier alpha value is -2.12. The summed E-state index contributed by atoms with van der Waals surface area (Å²) in [5.41, 5.74) is -0.439. The third-order valence-corrected chi connectivity index (χ3v) is 4.78. The predicted molar refractivity (Wildman–Crippen MR) is 124 cm³/mol. The molecule has 0 bridgehead atoms. The van der Waals surface area contributed by atoms with Crippen LogP contribution in [-0.2, 0) is 38.1 Å². The van der Waals surface area contributed by atoms with Gasteiger partial charge in [-0.05, 0) is 39.0 Å². The van der Waals surface area contributed by atoms with Crippen molar-refractivity contribution < 1.29 is 38.1 Å². The number of carbonyl (C=O) groups excluding carboxylic acids is 4. The van der Waals surface area contributed by atoms with Crippen molar-refractivity contribution in [3.63, 3.8) is 0 Å². The Morgan fingerprint density at radius 1 is 0.844 bits per heavy atom. The van der Waals surface area contributed by atoms with Crippen LogP contribution < -0.4 is 0 Å². The second-order valence-corrected chi connectivity index (χ2v) is 7.97. The van der Waals surface area contributed by atoms with Crippen LogP contribution in [0.3, 0.4) is 0 Å². The Morgan fingerprint density at radius 3 is 1.78 bits per heavy atom. The molecule has 0 aromatic heterocycles. The normalized spacial score (nSPS) is 10.9. The number of hydrogen-bond acceptors (Lipinski definition) is 8. The lowest BCUT2D eigenvalue weighted by Crippen LogP contribution is -2.26. The van der Waals surface area contributed by atoms with Crippen LogP contribution in [0, 0.1) is 11.3 Å². The lowest BCUT2D eigenvalue weighted by atomic mass is 9.91. The topological polar surface area (TPSA) is 105 Å². The van der Waals surface area contributed by atoms with Crippen molar-refractivity contribution in [2.75, 3.05) is 27.4 Å². The van der Waals surface area contributed by atoms with Gasteiger partial charge in [-0.3, -0.25) is 19.2 Å². The van der Waals surface area contributed by atoms with E-state index in [-0.39, 0.29) is 36.9 Å². The minimum absolute atomic E-state index is 0.162. The van der Waals surface area contributed by atoms with E-state index in [0.29, 0.717) is 18.9 Å². The number of carbonyl (C=O) groups is 4. The van der Waals surface area contributed by atoms with Crippen LogP contribution in [0.25, 0.3) is 0 Å². The Balaban J connectivity index is -0.000000441. The highest BCUT2D eigenvalue weighted by Gasteiger charge is 2.26. The van der Waals surface area contributed by atoms with E-state index in [1.807, 2.05) is 20.8 Å². The molecule has 0 spiro atoms. The zero-order valence-corrected chi connectivity index (χ0v) is 21.7. The molecule has 0 amide bonds. The molecule has 0 N–H and O–H groups in total. The number of rotatable bonds is 12. The quantitative estimate of drug-likeness (QED) is 0.230. The molecule has 0 aliphatic rings. The number of ether oxygens (including phenoxy) is 4. The summed E-state index contributed by atoms with van der Waals surface area (Å²) in [6, 6.07) is 0. The summed E-state index contributed by atoms with van der Waals surface area (Å²) in [6.45, 7) is 13.7. The Morgan fingerprint density at radius 2 is 1.41 bits per heavy atom. The largest absolute Gasteiger partial charge is 0.469 e. The van der Waals surface area contributed by atoms with Crippen LogP contribution in [-0.4, -0.2) is 51.3 Å². The maximum atomic E-state index is 11.5. The monoisotopic (exact) mass is 462 g/mol. The second kappa shape index (κ2) is 22.1. The molecule has 32 heavy (non-hydrogen) atoms. The fraction of sp³-hybridized carbons (Fsp3) is 0.833. The molecule has 8 nitrogen and oxygen atoms in total. The number of methoxy groups -OCH3 is 2.